The predicted molar refractivity (Wildman–Crippen MR) is 55.5 cm³/mol. The molecule has 2 rings (SSSR count). The number of rotatable bonds is 2. The molecule has 2 aliphatic rings. The first-order valence-corrected chi connectivity index (χ1v) is 6.40. The highest BCUT2D eigenvalue weighted by molar-refractivity contribution is 7.92. The number of fused-ring (bicyclic) bond motifs is 2. The molecule has 0 amide bonds. The van der Waals surface area contributed by atoms with Crippen LogP contribution in [0.4, 0.5) is 0 Å². The second-order valence-electron chi connectivity index (χ2n) is 3.52. The highest BCUT2D eigenvalue weighted by atomic mass is 35.5. The second-order valence-corrected chi connectivity index (χ2v) is 6.23. The first-order chi connectivity index (χ1) is 5.63. The summed E-state index contributed by atoms with van der Waals surface area (Å²) in [6.07, 6.45) is 0.833. The minimum absolute atomic E-state index is 0. The van der Waals surface area contributed by atoms with Gasteiger partial charge in [0.1, 0.15) is 0 Å². The fourth-order valence-electron chi connectivity index (χ4n) is 2.16. The maximum Gasteiger partial charge on any atom is 0.156 e. The average molecular weight is 246 g/mol. The minimum Gasteiger partial charge on any atom is -0.297 e. The minimum atomic E-state index is -2.72. The summed E-state index contributed by atoms with van der Waals surface area (Å²) in [6.45, 7) is 1.54. The maximum atomic E-state index is 11.3. The van der Waals surface area contributed by atoms with Crippen LogP contribution in [0.2, 0.25) is 0 Å². The number of halogens is 2. The Kier molecular flexibility index (Phi) is 3.49. The number of hydrogen-bond acceptors (Lipinski definition) is 3. The van der Waals surface area contributed by atoms with Crippen LogP contribution < -0.4 is 0 Å². The van der Waals surface area contributed by atoms with Gasteiger partial charge in [-0.3, -0.25) is 4.90 Å². The van der Waals surface area contributed by atoms with E-state index in [1.54, 1.807) is 0 Å². The van der Waals surface area contributed by atoms with Crippen molar-refractivity contribution in [3.8, 4) is 0 Å². The molecule has 6 heteroatoms. The van der Waals surface area contributed by atoms with E-state index in [0.717, 1.165) is 13.0 Å². The van der Waals surface area contributed by atoms with E-state index in [2.05, 4.69) is 4.90 Å². The summed E-state index contributed by atoms with van der Waals surface area (Å²) in [5, 5.41) is -0.0919. The summed E-state index contributed by atoms with van der Waals surface area (Å²) in [5.74, 6) is 0.956. The van der Waals surface area contributed by atoms with Crippen LogP contribution in [0.1, 0.15) is 6.42 Å². The first-order valence-electron chi connectivity index (χ1n) is 4.15. The molecular formula is C7H13Cl2NO2S. The molecule has 0 aromatic heterocycles. The van der Waals surface area contributed by atoms with Gasteiger partial charge in [-0.05, 0) is 6.42 Å². The van der Waals surface area contributed by atoms with Gasteiger partial charge in [-0.15, -0.1) is 24.0 Å². The summed E-state index contributed by atoms with van der Waals surface area (Å²) >= 11 is 5.60. The molecule has 2 heterocycles. The summed E-state index contributed by atoms with van der Waals surface area (Å²) in [6, 6.07) is 0.263. The van der Waals surface area contributed by atoms with E-state index in [4.69, 9.17) is 11.6 Å². The molecule has 0 aliphatic carbocycles. The lowest BCUT2D eigenvalue weighted by molar-refractivity contribution is 0.281. The van der Waals surface area contributed by atoms with Crippen molar-refractivity contribution in [3.05, 3.63) is 0 Å². The SMILES string of the molecule is Cl.O=S1(=O)C[C@@H]2C[C@H]1CN2CCCl. The predicted octanol–water partition coefficient (Wildman–Crippen LogP) is 0.518. The van der Waals surface area contributed by atoms with Crippen LogP contribution in [0, 0.1) is 0 Å². The standard InChI is InChI=1S/C7H12ClNO2S.ClH/c8-1-2-9-4-7-3-6(9)5-12(7,10)11;/h6-7H,1-5H2;1H/t6-,7-;/m0./s1. The van der Waals surface area contributed by atoms with Crippen LogP contribution in [0.5, 0.6) is 0 Å². The Morgan fingerprint density at radius 3 is 2.54 bits per heavy atom. The van der Waals surface area contributed by atoms with E-state index >= 15 is 0 Å². The lowest BCUT2D eigenvalue weighted by Crippen LogP contribution is -2.41. The summed E-state index contributed by atoms with van der Waals surface area (Å²) in [4.78, 5) is 2.19. The average Bonchev–Trinajstić information content (AvgIpc) is 2.44. The Labute approximate surface area is 89.8 Å². The molecule has 78 valence electrons. The normalized spacial score (nSPS) is 36.1. The van der Waals surface area contributed by atoms with Crippen molar-refractivity contribution in [2.45, 2.75) is 17.7 Å². The molecule has 0 N–H and O–H groups in total. The van der Waals surface area contributed by atoms with Gasteiger partial charge in [-0.1, -0.05) is 0 Å². The van der Waals surface area contributed by atoms with Gasteiger partial charge >= 0.3 is 0 Å². The van der Waals surface area contributed by atoms with Crippen molar-refractivity contribution in [1.82, 2.24) is 4.90 Å². The molecule has 2 aliphatic heterocycles. The van der Waals surface area contributed by atoms with E-state index in [0.29, 0.717) is 18.2 Å². The maximum absolute atomic E-state index is 11.3. The van der Waals surface area contributed by atoms with Crippen molar-refractivity contribution in [2.24, 2.45) is 0 Å². The zero-order valence-electron chi connectivity index (χ0n) is 7.15. The van der Waals surface area contributed by atoms with Gasteiger partial charge in [0, 0.05) is 25.0 Å². The lowest BCUT2D eigenvalue weighted by atomic mass is 10.2. The van der Waals surface area contributed by atoms with Gasteiger partial charge in [0.05, 0.1) is 11.0 Å². The molecule has 13 heavy (non-hydrogen) atoms. The van der Waals surface area contributed by atoms with E-state index in [1.807, 2.05) is 0 Å². The molecule has 0 saturated carbocycles. The van der Waals surface area contributed by atoms with Crippen molar-refractivity contribution in [3.63, 3.8) is 0 Å². The van der Waals surface area contributed by atoms with Crippen LogP contribution in [0.25, 0.3) is 0 Å². The molecule has 0 spiro atoms. The molecule has 0 aromatic rings. The molecule has 2 bridgehead atoms. The summed E-state index contributed by atoms with van der Waals surface area (Å²) in [7, 11) is -2.72. The second kappa shape index (κ2) is 3.93. The van der Waals surface area contributed by atoms with E-state index in [9.17, 15) is 8.42 Å². The van der Waals surface area contributed by atoms with Gasteiger partial charge in [0.15, 0.2) is 9.84 Å². The molecule has 2 fully saturated rings. The summed E-state index contributed by atoms with van der Waals surface area (Å²) in [5.41, 5.74) is 0. The molecule has 0 radical (unpaired) electrons. The fraction of sp³-hybridized carbons (Fsp3) is 1.00. The Hall–Kier alpha value is 0.490. The molecule has 2 saturated heterocycles. The number of likely N-dealkylation sites (tertiary alicyclic amines) is 1. The van der Waals surface area contributed by atoms with Crippen LogP contribution in [-0.2, 0) is 9.84 Å². The smallest absolute Gasteiger partial charge is 0.156 e. The monoisotopic (exact) mass is 245 g/mol. The number of alkyl halides is 1. The number of hydrogen-bond donors (Lipinski definition) is 0. The molecule has 3 nitrogen and oxygen atoms in total. The third-order valence-electron chi connectivity index (χ3n) is 2.79. The van der Waals surface area contributed by atoms with E-state index in [1.165, 1.54) is 0 Å². The van der Waals surface area contributed by atoms with E-state index in [-0.39, 0.29) is 23.7 Å². The van der Waals surface area contributed by atoms with Gasteiger partial charge in [-0.2, -0.15) is 0 Å². The molecular weight excluding hydrogens is 233 g/mol. The number of nitrogens with zero attached hydrogens (tertiary/aromatic N) is 1. The summed E-state index contributed by atoms with van der Waals surface area (Å²) < 4.78 is 22.6. The first kappa shape index (κ1) is 11.6. The third kappa shape index (κ3) is 1.96. The van der Waals surface area contributed by atoms with E-state index < -0.39 is 9.84 Å². The van der Waals surface area contributed by atoms with Crippen molar-refractivity contribution in [2.75, 3.05) is 24.7 Å². The topological polar surface area (TPSA) is 37.4 Å². The Morgan fingerprint density at radius 2 is 2.15 bits per heavy atom. The number of sulfone groups is 1. The Bertz CT molecular complexity index is 280. The highest BCUT2D eigenvalue weighted by Crippen LogP contribution is 2.32. The van der Waals surface area contributed by atoms with Crippen LogP contribution in [-0.4, -0.2) is 49.3 Å². The van der Waals surface area contributed by atoms with Gasteiger partial charge in [-0.25, -0.2) is 8.42 Å². The molecule has 0 aromatic carbocycles. The van der Waals surface area contributed by atoms with Gasteiger partial charge < -0.3 is 0 Å². The van der Waals surface area contributed by atoms with Crippen LogP contribution in [0.3, 0.4) is 0 Å². The van der Waals surface area contributed by atoms with Gasteiger partial charge in [0.25, 0.3) is 0 Å². The largest absolute Gasteiger partial charge is 0.297 e. The Morgan fingerprint density at radius 1 is 1.46 bits per heavy atom. The molecule has 2 atom stereocenters. The quantitative estimate of drug-likeness (QED) is 0.666. The van der Waals surface area contributed by atoms with Crippen LogP contribution in [0.15, 0.2) is 0 Å². The van der Waals surface area contributed by atoms with Crippen molar-refractivity contribution < 1.29 is 8.42 Å². The molecule has 0 unspecified atom stereocenters. The fourth-order valence-corrected chi connectivity index (χ4v) is 4.46. The lowest BCUT2D eigenvalue weighted by Gasteiger charge is -2.25. The van der Waals surface area contributed by atoms with Crippen molar-refractivity contribution in [1.29, 1.82) is 0 Å². The highest BCUT2D eigenvalue weighted by Gasteiger charge is 2.47. The van der Waals surface area contributed by atoms with Crippen LogP contribution >= 0.6 is 24.0 Å². The third-order valence-corrected chi connectivity index (χ3v) is 5.17. The zero-order chi connectivity index (χ0) is 8.77. The van der Waals surface area contributed by atoms with Gasteiger partial charge in [0.2, 0.25) is 0 Å². The van der Waals surface area contributed by atoms with Crippen molar-refractivity contribution >= 4 is 33.8 Å². The Balaban J connectivity index is 0.000000845. The zero-order valence-corrected chi connectivity index (χ0v) is 9.54.